The Labute approximate surface area is 173 Å². The van der Waals surface area contributed by atoms with Crippen LogP contribution in [0, 0.1) is 5.41 Å². The minimum atomic E-state index is -1.31. The van der Waals surface area contributed by atoms with E-state index in [1.807, 2.05) is 0 Å². The molecule has 0 fully saturated rings. The van der Waals surface area contributed by atoms with E-state index in [1.54, 1.807) is 38.1 Å². The number of nitrogen functional groups attached to an aromatic ring is 1. The molecule has 0 saturated heterocycles. The van der Waals surface area contributed by atoms with Crippen molar-refractivity contribution in [2.24, 2.45) is 11.5 Å². The minimum Gasteiger partial charge on any atom is -0.490 e. The molecule has 0 radical (unpaired) electrons. The molecule has 2 rings (SSSR count). The van der Waals surface area contributed by atoms with Gasteiger partial charge in [0.15, 0.2) is 17.5 Å². The van der Waals surface area contributed by atoms with Gasteiger partial charge in [0.05, 0.1) is 13.2 Å². The van der Waals surface area contributed by atoms with Crippen molar-refractivity contribution in [1.82, 2.24) is 0 Å². The predicted octanol–water partition coefficient (Wildman–Crippen LogP) is 2.46. The molecule has 2 aromatic carbocycles. The molecule has 1 unspecified atom stereocenters. The summed E-state index contributed by atoms with van der Waals surface area (Å²) in [5, 5.41) is 20.1. The second-order valence-corrected chi connectivity index (χ2v) is 6.03. The van der Waals surface area contributed by atoms with E-state index in [0.29, 0.717) is 30.2 Å². The largest absolute Gasteiger partial charge is 0.490 e. The van der Waals surface area contributed by atoms with Crippen LogP contribution in [0.3, 0.4) is 0 Å². The molecule has 0 aliphatic heterocycles. The molecule has 0 aliphatic rings. The molecular weight excluding hydrogens is 392 g/mol. The number of carbonyl (C=O) groups is 2. The number of carboxylic acids is 1. The smallest absolute Gasteiger partial charge is 0.409 e. The third-order valence-electron chi connectivity index (χ3n) is 3.95. The highest BCUT2D eigenvalue weighted by Gasteiger charge is 2.27. The van der Waals surface area contributed by atoms with Crippen molar-refractivity contribution in [3.8, 4) is 17.2 Å². The fourth-order valence-corrected chi connectivity index (χ4v) is 2.70. The van der Waals surface area contributed by atoms with Crippen molar-refractivity contribution in [2.75, 3.05) is 18.5 Å². The number of carbonyl (C=O) groups excluding carboxylic acids is 1. The summed E-state index contributed by atoms with van der Waals surface area (Å²) in [5.41, 5.74) is 11.6. The minimum absolute atomic E-state index is 0.0744. The van der Waals surface area contributed by atoms with E-state index in [9.17, 15) is 14.7 Å². The molecule has 0 aliphatic carbocycles. The number of rotatable bonds is 10. The Hall–Kier alpha value is -3.95. The van der Waals surface area contributed by atoms with E-state index in [2.05, 4.69) is 5.32 Å². The molecule has 0 heterocycles. The SMILES string of the molecule is CCOc1cc(OC(N)=O)c(C(Nc2ccc(C(=N)N)cc2)C(=O)O)cc1OCC. The molecule has 2 aromatic rings. The highest BCUT2D eigenvalue weighted by Crippen LogP contribution is 2.39. The second kappa shape index (κ2) is 10.0. The van der Waals surface area contributed by atoms with Crippen LogP contribution >= 0.6 is 0 Å². The van der Waals surface area contributed by atoms with Gasteiger partial charge in [-0.2, -0.15) is 0 Å². The van der Waals surface area contributed by atoms with Crippen molar-refractivity contribution < 1.29 is 28.9 Å². The summed E-state index contributed by atoms with van der Waals surface area (Å²) in [5.74, 6) is -0.831. The molecule has 1 atom stereocenters. The van der Waals surface area contributed by atoms with Crippen LogP contribution in [0.25, 0.3) is 0 Å². The first-order valence-electron chi connectivity index (χ1n) is 9.11. The Balaban J connectivity index is 2.52. The van der Waals surface area contributed by atoms with Crippen LogP contribution in [-0.4, -0.2) is 36.2 Å². The zero-order chi connectivity index (χ0) is 22.3. The molecule has 30 heavy (non-hydrogen) atoms. The first-order valence-corrected chi connectivity index (χ1v) is 9.11. The lowest BCUT2D eigenvalue weighted by atomic mass is 10.0. The van der Waals surface area contributed by atoms with Gasteiger partial charge in [-0.25, -0.2) is 9.59 Å². The van der Waals surface area contributed by atoms with Gasteiger partial charge in [0, 0.05) is 22.9 Å². The van der Waals surface area contributed by atoms with Crippen molar-refractivity contribution in [3.05, 3.63) is 47.5 Å². The molecule has 0 bridgehead atoms. The highest BCUT2D eigenvalue weighted by atomic mass is 16.6. The molecule has 0 spiro atoms. The maximum absolute atomic E-state index is 12.0. The maximum Gasteiger partial charge on any atom is 0.409 e. The number of ether oxygens (including phenoxy) is 3. The predicted molar refractivity (Wildman–Crippen MR) is 110 cm³/mol. The number of carboxylic acid groups (broad SMARTS) is 1. The Kier molecular flexibility index (Phi) is 7.45. The quantitative estimate of drug-likeness (QED) is 0.290. The third-order valence-corrected chi connectivity index (χ3v) is 3.95. The van der Waals surface area contributed by atoms with Gasteiger partial charge in [0.1, 0.15) is 11.6 Å². The van der Waals surface area contributed by atoms with Gasteiger partial charge in [0.25, 0.3) is 0 Å². The molecule has 7 N–H and O–H groups in total. The van der Waals surface area contributed by atoms with Crippen molar-refractivity contribution in [2.45, 2.75) is 19.9 Å². The second-order valence-electron chi connectivity index (χ2n) is 6.03. The normalized spacial score (nSPS) is 11.3. The average Bonchev–Trinajstić information content (AvgIpc) is 2.68. The summed E-state index contributed by atoms with van der Waals surface area (Å²) in [6.07, 6.45) is -1.10. The molecule has 1 amide bonds. The number of primary amides is 1. The van der Waals surface area contributed by atoms with Crippen LogP contribution in [0.4, 0.5) is 10.5 Å². The maximum atomic E-state index is 12.0. The fraction of sp³-hybridized carbons (Fsp3) is 0.250. The third kappa shape index (κ3) is 5.53. The molecule has 160 valence electrons. The van der Waals surface area contributed by atoms with Gasteiger partial charge in [-0.05, 0) is 44.2 Å². The molecule has 0 saturated carbocycles. The summed E-state index contributed by atoms with van der Waals surface area (Å²) in [7, 11) is 0. The zero-order valence-electron chi connectivity index (χ0n) is 16.6. The van der Waals surface area contributed by atoms with Gasteiger partial charge in [-0.15, -0.1) is 0 Å². The number of hydrogen-bond acceptors (Lipinski definition) is 7. The van der Waals surface area contributed by atoms with Crippen molar-refractivity contribution in [3.63, 3.8) is 0 Å². The first-order chi connectivity index (χ1) is 14.3. The molecular formula is C20H24N4O6. The van der Waals surface area contributed by atoms with Crippen LogP contribution in [0.2, 0.25) is 0 Å². The van der Waals surface area contributed by atoms with Crippen LogP contribution in [0.15, 0.2) is 36.4 Å². The van der Waals surface area contributed by atoms with Gasteiger partial charge in [-0.3, -0.25) is 5.41 Å². The monoisotopic (exact) mass is 416 g/mol. The molecule has 0 aromatic heterocycles. The van der Waals surface area contributed by atoms with E-state index in [0.717, 1.165) is 0 Å². The Morgan fingerprint density at radius 1 is 1.03 bits per heavy atom. The Morgan fingerprint density at radius 2 is 1.60 bits per heavy atom. The standard InChI is InChI=1S/C20H24N4O6/c1-3-28-15-9-13(14(30-20(23)27)10-16(15)29-4-2)17(19(25)26)24-12-7-5-11(6-8-12)18(21)22/h5-10,17,24H,3-4H2,1-2H3,(H3,21,22)(H2,23,27)(H,25,26). The first kappa shape index (κ1) is 22.3. The lowest BCUT2D eigenvalue weighted by Crippen LogP contribution is -2.24. The summed E-state index contributed by atoms with van der Waals surface area (Å²) < 4.78 is 16.1. The number of nitrogens with one attached hydrogen (secondary N) is 2. The van der Waals surface area contributed by atoms with Gasteiger partial charge in [-0.1, -0.05) is 0 Å². The number of nitrogens with two attached hydrogens (primary N) is 2. The highest BCUT2D eigenvalue weighted by molar-refractivity contribution is 5.95. The van der Waals surface area contributed by atoms with Gasteiger partial charge < -0.3 is 36.1 Å². The van der Waals surface area contributed by atoms with Crippen LogP contribution < -0.4 is 31.0 Å². The topological polar surface area (TPSA) is 170 Å². The van der Waals surface area contributed by atoms with E-state index >= 15 is 0 Å². The summed E-state index contributed by atoms with van der Waals surface area (Å²) in [6.45, 7) is 4.17. The number of aliphatic carboxylic acids is 1. The van der Waals surface area contributed by atoms with Crippen LogP contribution in [0.1, 0.15) is 31.0 Å². The van der Waals surface area contributed by atoms with Gasteiger partial charge >= 0.3 is 12.1 Å². The van der Waals surface area contributed by atoms with E-state index in [1.165, 1.54) is 12.1 Å². The molecule has 10 nitrogen and oxygen atoms in total. The Bertz CT molecular complexity index is 930. The summed E-state index contributed by atoms with van der Waals surface area (Å²) in [6, 6.07) is 7.81. The fourth-order valence-electron chi connectivity index (χ4n) is 2.70. The summed E-state index contributed by atoms with van der Waals surface area (Å²) >= 11 is 0. The number of amides is 1. The van der Waals surface area contributed by atoms with Crippen LogP contribution in [-0.2, 0) is 4.79 Å². The van der Waals surface area contributed by atoms with Crippen molar-refractivity contribution in [1.29, 1.82) is 5.41 Å². The lowest BCUT2D eigenvalue weighted by molar-refractivity contribution is -0.138. The van der Waals surface area contributed by atoms with Gasteiger partial charge in [0.2, 0.25) is 0 Å². The zero-order valence-corrected chi connectivity index (χ0v) is 16.6. The summed E-state index contributed by atoms with van der Waals surface area (Å²) in [4.78, 5) is 23.4. The number of anilines is 1. The van der Waals surface area contributed by atoms with E-state index in [4.69, 9.17) is 31.1 Å². The number of hydrogen-bond donors (Lipinski definition) is 5. The Morgan fingerprint density at radius 3 is 2.07 bits per heavy atom. The van der Waals surface area contributed by atoms with E-state index in [-0.39, 0.29) is 22.9 Å². The van der Waals surface area contributed by atoms with Crippen molar-refractivity contribution >= 4 is 23.6 Å². The lowest BCUT2D eigenvalue weighted by Gasteiger charge is -2.21. The van der Waals surface area contributed by atoms with Crippen LogP contribution in [0.5, 0.6) is 17.2 Å². The number of benzene rings is 2. The van der Waals surface area contributed by atoms with E-state index < -0.39 is 18.1 Å². The molecule has 10 heteroatoms. The average molecular weight is 416 g/mol. The number of amidine groups is 1.